The van der Waals surface area contributed by atoms with Crippen LogP contribution in [0.4, 0.5) is 0 Å². The van der Waals surface area contributed by atoms with Gasteiger partial charge in [0.05, 0.1) is 7.11 Å². The first kappa shape index (κ1) is 21.0. The number of rotatable bonds is 9. The van der Waals surface area contributed by atoms with Gasteiger partial charge in [-0.05, 0) is 17.7 Å². The first-order chi connectivity index (χ1) is 13.3. The minimum absolute atomic E-state index is 0.0380. The topological polar surface area (TPSA) is 97.4 Å². The maximum Gasteiger partial charge on any atom is 0.336 e. The summed E-state index contributed by atoms with van der Waals surface area (Å²) in [6.45, 7) is 6.06. The van der Waals surface area contributed by atoms with E-state index in [0.717, 1.165) is 5.56 Å². The van der Waals surface area contributed by atoms with Crippen LogP contribution in [0.1, 0.15) is 19.4 Å². The van der Waals surface area contributed by atoms with Crippen LogP contribution in [0.2, 0.25) is 0 Å². The van der Waals surface area contributed by atoms with Crippen molar-refractivity contribution in [2.75, 3.05) is 20.3 Å². The lowest BCUT2D eigenvalue weighted by Crippen LogP contribution is -2.30. The van der Waals surface area contributed by atoms with E-state index >= 15 is 0 Å². The van der Waals surface area contributed by atoms with Crippen molar-refractivity contribution in [2.45, 2.75) is 26.4 Å². The van der Waals surface area contributed by atoms with Gasteiger partial charge in [0.1, 0.15) is 19.0 Å². The number of carbonyl (C=O) groups is 3. The van der Waals surface area contributed by atoms with E-state index < -0.39 is 24.0 Å². The summed E-state index contributed by atoms with van der Waals surface area (Å²) in [7, 11) is 1.50. The number of ether oxygens (including phenoxy) is 5. The summed E-state index contributed by atoms with van der Waals surface area (Å²) in [5.74, 6) is -0.239. The molecule has 0 amide bonds. The van der Waals surface area contributed by atoms with Crippen molar-refractivity contribution >= 4 is 17.9 Å². The number of carbonyl (C=O) groups excluding carboxylic acids is 3. The number of hydrogen-bond donors (Lipinski definition) is 0. The highest BCUT2D eigenvalue weighted by atomic mass is 16.6. The van der Waals surface area contributed by atoms with E-state index in [0.29, 0.717) is 29.3 Å². The lowest BCUT2D eigenvalue weighted by molar-refractivity contribution is -0.158. The molecule has 0 N–H and O–H groups in total. The van der Waals surface area contributed by atoms with Gasteiger partial charge in [0, 0.05) is 31.9 Å². The van der Waals surface area contributed by atoms with Crippen molar-refractivity contribution in [3.05, 3.63) is 47.7 Å². The number of allylic oxidation sites excluding steroid dienone is 1. The highest BCUT2D eigenvalue weighted by Crippen LogP contribution is 2.31. The molecule has 1 aromatic rings. The van der Waals surface area contributed by atoms with Gasteiger partial charge in [-0.15, -0.1) is 0 Å². The first-order valence-electron chi connectivity index (χ1n) is 8.50. The summed E-state index contributed by atoms with van der Waals surface area (Å²) in [5.41, 5.74) is 1.51. The van der Waals surface area contributed by atoms with Crippen LogP contribution in [0, 0.1) is 0 Å². The SMILES string of the molecule is C=C1OC(=O)C=C1Cc1ccc(OC)c(OCC(COC(C)=O)OC(C)=O)c1. The molecule has 0 saturated carbocycles. The maximum absolute atomic E-state index is 11.3. The van der Waals surface area contributed by atoms with Crippen LogP contribution >= 0.6 is 0 Å². The molecule has 0 aliphatic carbocycles. The minimum atomic E-state index is -0.766. The Morgan fingerprint density at radius 2 is 1.89 bits per heavy atom. The van der Waals surface area contributed by atoms with E-state index in [1.807, 2.05) is 6.07 Å². The number of hydrogen-bond acceptors (Lipinski definition) is 8. The average Bonchev–Trinajstić information content (AvgIpc) is 2.94. The fraction of sp³-hybridized carbons (Fsp3) is 0.350. The molecule has 0 bridgehead atoms. The smallest absolute Gasteiger partial charge is 0.336 e. The third-order valence-corrected chi connectivity index (χ3v) is 3.73. The first-order valence-corrected chi connectivity index (χ1v) is 8.50. The molecule has 1 atom stereocenters. The van der Waals surface area contributed by atoms with Gasteiger partial charge in [-0.2, -0.15) is 0 Å². The summed E-state index contributed by atoms with van der Waals surface area (Å²) in [5, 5.41) is 0. The molecule has 150 valence electrons. The third-order valence-electron chi connectivity index (χ3n) is 3.73. The Bertz CT molecular complexity index is 808. The Labute approximate surface area is 162 Å². The molecule has 28 heavy (non-hydrogen) atoms. The van der Waals surface area contributed by atoms with Crippen molar-refractivity contribution in [3.8, 4) is 11.5 Å². The molecule has 0 fully saturated rings. The molecule has 0 saturated heterocycles. The third kappa shape index (κ3) is 6.15. The van der Waals surface area contributed by atoms with Crippen LogP contribution in [-0.2, 0) is 35.0 Å². The van der Waals surface area contributed by atoms with E-state index in [4.69, 9.17) is 23.7 Å². The molecule has 1 aromatic carbocycles. The lowest BCUT2D eigenvalue weighted by atomic mass is 10.0. The van der Waals surface area contributed by atoms with Gasteiger partial charge < -0.3 is 23.7 Å². The molecule has 8 nitrogen and oxygen atoms in total. The monoisotopic (exact) mass is 390 g/mol. The van der Waals surface area contributed by atoms with Crippen molar-refractivity contribution in [1.29, 1.82) is 0 Å². The van der Waals surface area contributed by atoms with Crippen LogP contribution in [0.25, 0.3) is 0 Å². The van der Waals surface area contributed by atoms with E-state index in [9.17, 15) is 14.4 Å². The van der Waals surface area contributed by atoms with Crippen LogP contribution in [0.5, 0.6) is 11.5 Å². The van der Waals surface area contributed by atoms with Gasteiger partial charge in [-0.25, -0.2) is 4.79 Å². The van der Waals surface area contributed by atoms with Gasteiger partial charge in [-0.3, -0.25) is 9.59 Å². The molecule has 0 spiro atoms. The van der Waals surface area contributed by atoms with Crippen LogP contribution in [0.15, 0.2) is 42.2 Å². The van der Waals surface area contributed by atoms with Crippen molar-refractivity contribution in [2.24, 2.45) is 0 Å². The fourth-order valence-electron chi connectivity index (χ4n) is 2.50. The highest BCUT2D eigenvalue weighted by Gasteiger charge is 2.20. The maximum atomic E-state index is 11.3. The number of esters is 3. The van der Waals surface area contributed by atoms with E-state index in [2.05, 4.69) is 6.58 Å². The molecule has 1 heterocycles. The summed E-state index contributed by atoms with van der Waals surface area (Å²) in [6.07, 6.45) is 1.05. The predicted octanol–water partition coefficient (Wildman–Crippen LogP) is 2.11. The molecular weight excluding hydrogens is 368 g/mol. The normalized spacial score (nSPS) is 14.0. The van der Waals surface area contributed by atoms with E-state index in [-0.39, 0.29) is 13.2 Å². The largest absolute Gasteiger partial charge is 0.493 e. The number of methoxy groups -OCH3 is 1. The van der Waals surface area contributed by atoms with E-state index in [1.165, 1.54) is 27.0 Å². The quantitative estimate of drug-likeness (QED) is 0.467. The molecule has 2 rings (SSSR count). The minimum Gasteiger partial charge on any atom is -0.493 e. The second-order valence-corrected chi connectivity index (χ2v) is 6.02. The zero-order chi connectivity index (χ0) is 20.7. The standard InChI is InChI=1S/C20H22O8/c1-12-16(9-20(23)27-12)7-15-5-6-18(24-4)19(8-15)26-11-17(28-14(3)22)10-25-13(2)21/h5-6,8-9,17H,1,7,10-11H2,2-4H3. The van der Waals surface area contributed by atoms with E-state index in [1.54, 1.807) is 12.1 Å². The summed E-state index contributed by atoms with van der Waals surface area (Å²) in [6, 6.07) is 5.29. The Kier molecular flexibility index (Phi) is 7.20. The van der Waals surface area contributed by atoms with Crippen molar-refractivity contribution < 1.29 is 38.1 Å². The number of benzene rings is 1. The van der Waals surface area contributed by atoms with Crippen molar-refractivity contribution in [3.63, 3.8) is 0 Å². The van der Waals surface area contributed by atoms with Crippen LogP contribution in [-0.4, -0.2) is 44.3 Å². The second-order valence-electron chi connectivity index (χ2n) is 6.02. The molecule has 1 aliphatic rings. The Morgan fingerprint density at radius 1 is 1.14 bits per heavy atom. The Hall–Kier alpha value is -3.29. The van der Waals surface area contributed by atoms with Crippen LogP contribution < -0.4 is 9.47 Å². The molecule has 8 heteroatoms. The lowest BCUT2D eigenvalue weighted by Gasteiger charge is -2.19. The summed E-state index contributed by atoms with van der Waals surface area (Å²) in [4.78, 5) is 33.6. The van der Waals surface area contributed by atoms with Gasteiger partial charge in [-0.1, -0.05) is 12.6 Å². The second kappa shape index (κ2) is 9.59. The molecular formula is C20H22O8. The summed E-state index contributed by atoms with van der Waals surface area (Å²) >= 11 is 0. The Morgan fingerprint density at radius 3 is 2.46 bits per heavy atom. The molecule has 1 aliphatic heterocycles. The average molecular weight is 390 g/mol. The van der Waals surface area contributed by atoms with Gasteiger partial charge in [0.15, 0.2) is 17.6 Å². The van der Waals surface area contributed by atoms with Gasteiger partial charge >= 0.3 is 17.9 Å². The Balaban J connectivity index is 2.10. The molecule has 0 aromatic heterocycles. The highest BCUT2D eigenvalue weighted by molar-refractivity contribution is 5.88. The van der Waals surface area contributed by atoms with Crippen molar-refractivity contribution in [1.82, 2.24) is 0 Å². The predicted molar refractivity (Wildman–Crippen MR) is 97.7 cm³/mol. The van der Waals surface area contributed by atoms with Crippen LogP contribution in [0.3, 0.4) is 0 Å². The number of cyclic esters (lactones) is 1. The summed E-state index contributed by atoms with van der Waals surface area (Å²) < 4.78 is 25.9. The van der Waals surface area contributed by atoms with Gasteiger partial charge in [0.25, 0.3) is 0 Å². The fourth-order valence-corrected chi connectivity index (χ4v) is 2.50. The van der Waals surface area contributed by atoms with Gasteiger partial charge in [0.2, 0.25) is 0 Å². The zero-order valence-electron chi connectivity index (χ0n) is 16.0. The zero-order valence-corrected chi connectivity index (χ0v) is 16.0. The molecule has 1 unspecified atom stereocenters. The molecule has 0 radical (unpaired) electrons.